The molecule has 2 aromatic heterocycles. The van der Waals surface area contributed by atoms with Gasteiger partial charge in [-0.05, 0) is 39.3 Å². The molecule has 1 amide bonds. The standard InChI is InChI=1S/C17H22N4O2/c1-11-5-4-6-14-19-12(9-16(23)21(11)14)10-18-13-7-8-15(22)20-17(13,2)3/h4-6,9,13,18H,7-8,10H2,1-3H3,(H,20,22). The first-order valence-corrected chi connectivity index (χ1v) is 7.89. The Morgan fingerprint density at radius 1 is 1.39 bits per heavy atom. The van der Waals surface area contributed by atoms with Gasteiger partial charge >= 0.3 is 0 Å². The monoisotopic (exact) mass is 314 g/mol. The van der Waals surface area contributed by atoms with Crippen LogP contribution in [0.2, 0.25) is 0 Å². The average Bonchev–Trinajstić information content (AvgIpc) is 2.45. The molecule has 6 heteroatoms. The van der Waals surface area contributed by atoms with Crippen molar-refractivity contribution < 1.29 is 4.79 Å². The summed E-state index contributed by atoms with van der Waals surface area (Å²) in [6.07, 6.45) is 1.30. The molecule has 1 unspecified atom stereocenters. The minimum absolute atomic E-state index is 0.0684. The molecule has 3 heterocycles. The molecule has 122 valence electrons. The van der Waals surface area contributed by atoms with E-state index in [-0.39, 0.29) is 23.0 Å². The van der Waals surface area contributed by atoms with Crippen LogP contribution in [0.3, 0.4) is 0 Å². The van der Waals surface area contributed by atoms with Gasteiger partial charge in [-0.1, -0.05) is 6.07 Å². The van der Waals surface area contributed by atoms with Gasteiger partial charge in [-0.2, -0.15) is 0 Å². The first kappa shape index (κ1) is 15.7. The van der Waals surface area contributed by atoms with Crippen molar-refractivity contribution in [2.75, 3.05) is 0 Å². The van der Waals surface area contributed by atoms with E-state index in [1.165, 1.54) is 0 Å². The summed E-state index contributed by atoms with van der Waals surface area (Å²) >= 11 is 0. The molecule has 23 heavy (non-hydrogen) atoms. The molecular formula is C17H22N4O2. The third-order valence-corrected chi connectivity index (χ3v) is 4.46. The van der Waals surface area contributed by atoms with Crippen molar-refractivity contribution in [3.05, 3.63) is 46.0 Å². The number of rotatable bonds is 3. The number of nitrogens with one attached hydrogen (secondary N) is 2. The van der Waals surface area contributed by atoms with E-state index >= 15 is 0 Å². The van der Waals surface area contributed by atoms with E-state index in [0.29, 0.717) is 24.3 Å². The number of hydrogen-bond acceptors (Lipinski definition) is 4. The Balaban J connectivity index is 1.80. The predicted molar refractivity (Wildman–Crippen MR) is 88.3 cm³/mol. The molecule has 2 N–H and O–H groups in total. The van der Waals surface area contributed by atoms with Crippen LogP contribution in [-0.2, 0) is 11.3 Å². The third kappa shape index (κ3) is 3.12. The van der Waals surface area contributed by atoms with Gasteiger partial charge in [0.05, 0.1) is 5.69 Å². The second-order valence-electron chi connectivity index (χ2n) is 6.69. The Labute approximate surface area is 134 Å². The fraction of sp³-hybridized carbons (Fsp3) is 0.471. The zero-order chi connectivity index (χ0) is 16.6. The molecule has 1 atom stereocenters. The first-order valence-electron chi connectivity index (χ1n) is 7.89. The number of hydrogen-bond donors (Lipinski definition) is 2. The van der Waals surface area contributed by atoms with Crippen molar-refractivity contribution in [1.82, 2.24) is 20.0 Å². The Morgan fingerprint density at radius 2 is 2.17 bits per heavy atom. The predicted octanol–water partition coefficient (Wildman–Crippen LogP) is 1.15. The van der Waals surface area contributed by atoms with Crippen LogP contribution < -0.4 is 16.2 Å². The average molecular weight is 314 g/mol. The maximum Gasteiger partial charge on any atom is 0.258 e. The summed E-state index contributed by atoms with van der Waals surface area (Å²) in [5, 5.41) is 6.43. The molecule has 0 saturated carbocycles. The van der Waals surface area contributed by atoms with E-state index in [9.17, 15) is 9.59 Å². The summed E-state index contributed by atoms with van der Waals surface area (Å²) in [5.41, 5.74) is 1.87. The van der Waals surface area contributed by atoms with Crippen molar-refractivity contribution >= 4 is 11.6 Å². The van der Waals surface area contributed by atoms with Gasteiger partial charge in [-0.15, -0.1) is 0 Å². The number of piperidine rings is 1. The molecular weight excluding hydrogens is 292 g/mol. The number of carbonyl (C=O) groups excluding carboxylic acids is 1. The topological polar surface area (TPSA) is 75.5 Å². The smallest absolute Gasteiger partial charge is 0.258 e. The van der Waals surface area contributed by atoms with E-state index in [1.54, 1.807) is 10.5 Å². The summed E-state index contributed by atoms with van der Waals surface area (Å²) in [6.45, 7) is 6.41. The quantitative estimate of drug-likeness (QED) is 0.891. The SMILES string of the molecule is Cc1cccc2nc(CNC3CCC(=O)NC3(C)C)cc(=O)n12. The summed E-state index contributed by atoms with van der Waals surface area (Å²) in [4.78, 5) is 28.4. The highest BCUT2D eigenvalue weighted by Gasteiger charge is 2.34. The minimum Gasteiger partial charge on any atom is -0.350 e. The molecule has 1 saturated heterocycles. The maximum atomic E-state index is 12.3. The molecule has 1 aliphatic rings. The van der Waals surface area contributed by atoms with Gasteiger partial charge in [-0.25, -0.2) is 4.98 Å². The van der Waals surface area contributed by atoms with E-state index in [2.05, 4.69) is 15.6 Å². The second-order valence-corrected chi connectivity index (χ2v) is 6.69. The van der Waals surface area contributed by atoms with Gasteiger partial charge in [0.25, 0.3) is 5.56 Å². The minimum atomic E-state index is -0.308. The van der Waals surface area contributed by atoms with Gasteiger partial charge in [0, 0.05) is 36.3 Å². The summed E-state index contributed by atoms with van der Waals surface area (Å²) in [7, 11) is 0. The lowest BCUT2D eigenvalue weighted by atomic mass is 9.87. The summed E-state index contributed by atoms with van der Waals surface area (Å²) < 4.78 is 1.61. The zero-order valence-corrected chi connectivity index (χ0v) is 13.7. The molecule has 0 bridgehead atoms. The van der Waals surface area contributed by atoms with Crippen LogP contribution in [0.5, 0.6) is 0 Å². The molecule has 2 aromatic rings. The number of aromatic nitrogens is 2. The van der Waals surface area contributed by atoms with Crippen LogP contribution >= 0.6 is 0 Å². The van der Waals surface area contributed by atoms with Gasteiger partial charge in [-0.3, -0.25) is 14.0 Å². The van der Waals surface area contributed by atoms with E-state index in [0.717, 1.165) is 12.1 Å². The Kier molecular flexibility index (Phi) is 3.93. The maximum absolute atomic E-state index is 12.3. The lowest BCUT2D eigenvalue weighted by Gasteiger charge is -2.39. The van der Waals surface area contributed by atoms with Gasteiger partial charge < -0.3 is 10.6 Å². The van der Waals surface area contributed by atoms with Crippen molar-refractivity contribution in [3.63, 3.8) is 0 Å². The van der Waals surface area contributed by atoms with Crippen LogP contribution in [0.25, 0.3) is 5.65 Å². The molecule has 0 aliphatic carbocycles. The van der Waals surface area contributed by atoms with Crippen LogP contribution in [0.15, 0.2) is 29.1 Å². The molecule has 0 aromatic carbocycles. The van der Waals surface area contributed by atoms with E-state index < -0.39 is 0 Å². The summed E-state index contributed by atoms with van der Waals surface area (Å²) in [5.74, 6) is 0.0885. The number of nitrogens with zero attached hydrogens (tertiary/aromatic N) is 2. The largest absolute Gasteiger partial charge is 0.350 e. The van der Waals surface area contributed by atoms with Crippen LogP contribution in [0.1, 0.15) is 38.1 Å². The highest BCUT2D eigenvalue weighted by molar-refractivity contribution is 5.77. The highest BCUT2D eigenvalue weighted by atomic mass is 16.2. The third-order valence-electron chi connectivity index (χ3n) is 4.46. The highest BCUT2D eigenvalue weighted by Crippen LogP contribution is 2.20. The normalized spacial score (nSPS) is 20.5. The molecule has 3 rings (SSSR count). The van der Waals surface area contributed by atoms with Crippen LogP contribution in [0.4, 0.5) is 0 Å². The zero-order valence-electron chi connectivity index (χ0n) is 13.7. The molecule has 1 aliphatic heterocycles. The number of aryl methyl sites for hydroxylation is 1. The first-order chi connectivity index (χ1) is 10.9. The lowest BCUT2D eigenvalue weighted by Crippen LogP contribution is -2.60. The number of carbonyl (C=O) groups is 1. The molecule has 0 spiro atoms. The fourth-order valence-corrected chi connectivity index (χ4v) is 3.18. The van der Waals surface area contributed by atoms with Crippen molar-refractivity contribution in [2.45, 2.75) is 51.7 Å². The van der Waals surface area contributed by atoms with E-state index in [4.69, 9.17) is 0 Å². The second kappa shape index (κ2) is 5.77. The number of amides is 1. The Hall–Kier alpha value is -2.21. The van der Waals surface area contributed by atoms with Crippen LogP contribution in [-0.4, -0.2) is 26.9 Å². The molecule has 6 nitrogen and oxygen atoms in total. The Morgan fingerprint density at radius 3 is 2.91 bits per heavy atom. The fourth-order valence-electron chi connectivity index (χ4n) is 3.18. The lowest BCUT2D eigenvalue weighted by molar-refractivity contribution is -0.125. The van der Waals surface area contributed by atoms with E-state index in [1.807, 2.05) is 39.0 Å². The van der Waals surface area contributed by atoms with Crippen molar-refractivity contribution in [3.8, 4) is 0 Å². The van der Waals surface area contributed by atoms with Crippen LogP contribution in [0, 0.1) is 6.92 Å². The molecule has 1 fully saturated rings. The van der Waals surface area contributed by atoms with Crippen molar-refractivity contribution in [1.29, 1.82) is 0 Å². The number of pyridine rings is 1. The van der Waals surface area contributed by atoms with Crippen molar-refractivity contribution in [2.24, 2.45) is 0 Å². The number of fused-ring (bicyclic) bond motifs is 1. The summed E-state index contributed by atoms with van der Waals surface area (Å²) in [6, 6.07) is 7.34. The van der Waals surface area contributed by atoms with Gasteiger partial charge in [0.1, 0.15) is 5.65 Å². The molecule has 0 radical (unpaired) electrons. The van der Waals surface area contributed by atoms with Gasteiger partial charge in [0.2, 0.25) is 5.91 Å². The van der Waals surface area contributed by atoms with Gasteiger partial charge in [0.15, 0.2) is 0 Å². The Bertz CT molecular complexity index is 810.